The van der Waals surface area contributed by atoms with Crippen LogP contribution in [0.3, 0.4) is 0 Å². The number of benzene rings is 1. The lowest BCUT2D eigenvalue weighted by Gasteiger charge is -2.20. The minimum atomic E-state index is -0.147. The van der Waals surface area contributed by atoms with Crippen LogP contribution in [0.4, 0.5) is 0 Å². The predicted octanol–water partition coefficient (Wildman–Crippen LogP) is 3.44. The Hall–Kier alpha value is -1.19. The first-order valence-electron chi connectivity index (χ1n) is 5.09. The van der Waals surface area contributed by atoms with Crippen molar-refractivity contribution in [3.8, 4) is 0 Å². The molecule has 0 saturated heterocycles. The molecule has 0 bridgehead atoms. The molecule has 0 heterocycles. The van der Waals surface area contributed by atoms with Gasteiger partial charge in [0.25, 0.3) is 5.91 Å². The fraction of sp³-hybridized carbons (Fsp3) is 0.154. The monoisotopic (exact) mass is 267 g/mol. The minimum Gasteiger partial charge on any atom is -0.331 e. The molecule has 0 aliphatic heterocycles. The second-order valence-corrected chi connectivity index (χ2v) is 4.38. The third-order valence-corrected chi connectivity index (χ3v) is 2.77. The molecule has 2 nitrogen and oxygen atoms in total. The van der Waals surface area contributed by atoms with E-state index in [1.165, 1.54) is 0 Å². The molecule has 1 amide bonds. The van der Waals surface area contributed by atoms with E-state index in [1.54, 1.807) is 35.3 Å². The summed E-state index contributed by atoms with van der Waals surface area (Å²) in [5.41, 5.74) is 0.447. The third kappa shape index (κ3) is 3.65. The Kier molecular flexibility index (Phi) is 5.32. The summed E-state index contributed by atoms with van der Waals surface area (Å²) >= 11 is 10.2. The van der Waals surface area contributed by atoms with Crippen molar-refractivity contribution < 1.29 is 4.79 Å². The van der Waals surface area contributed by atoms with Gasteiger partial charge in [0.15, 0.2) is 0 Å². The van der Waals surface area contributed by atoms with E-state index < -0.39 is 0 Å². The van der Waals surface area contributed by atoms with Crippen molar-refractivity contribution in [2.24, 2.45) is 0 Å². The average molecular weight is 268 g/mol. The lowest BCUT2D eigenvalue weighted by Crippen LogP contribution is -2.31. The highest BCUT2D eigenvalue weighted by Gasteiger charge is 2.16. The molecule has 0 aliphatic carbocycles. The molecule has 1 aromatic carbocycles. The molecule has 0 aromatic heterocycles. The molecule has 0 atom stereocenters. The average Bonchev–Trinajstić information content (AvgIpc) is 2.31. The third-order valence-electron chi connectivity index (χ3n) is 2.17. The van der Waals surface area contributed by atoms with Crippen LogP contribution in [0, 0.1) is 0 Å². The zero-order valence-electron chi connectivity index (χ0n) is 9.40. The number of rotatable bonds is 5. The van der Waals surface area contributed by atoms with Gasteiger partial charge >= 0.3 is 0 Å². The van der Waals surface area contributed by atoms with E-state index >= 15 is 0 Å². The van der Waals surface area contributed by atoms with Crippen molar-refractivity contribution in [2.75, 3.05) is 13.1 Å². The molecule has 0 unspecified atom stereocenters. The molecule has 0 fully saturated rings. The molecule has 1 aromatic rings. The largest absolute Gasteiger partial charge is 0.331 e. The highest BCUT2D eigenvalue weighted by Crippen LogP contribution is 2.21. The number of carbonyl (C=O) groups is 1. The quantitative estimate of drug-likeness (QED) is 0.640. The van der Waals surface area contributed by atoms with Crippen molar-refractivity contribution in [3.63, 3.8) is 0 Å². The van der Waals surface area contributed by atoms with E-state index in [0.717, 1.165) is 0 Å². The summed E-state index contributed by atoms with van der Waals surface area (Å²) in [6.45, 7) is 8.16. The lowest BCUT2D eigenvalue weighted by molar-refractivity contribution is 0.0791. The van der Waals surface area contributed by atoms with Crippen molar-refractivity contribution in [3.05, 3.63) is 54.1 Å². The maximum atomic E-state index is 12.2. The molecule has 0 spiro atoms. The number of carbonyl (C=O) groups excluding carboxylic acids is 1. The van der Waals surface area contributed by atoms with Crippen LogP contribution in [0.2, 0.25) is 5.02 Å². The van der Waals surface area contributed by atoms with Gasteiger partial charge in [0, 0.05) is 18.0 Å². The highest BCUT2D eigenvalue weighted by atomic mass is 35.5. The predicted molar refractivity (Wildman–Crippen MR) is 75.0 cm³/mol. The molecule has 0 aliphatic rings. The Morgan fingerprint density at radius 2 is 1.94 bits per heavy atom. The number of thiol groups is 1. The Balaban J connectivity index is 3.03. The topological polar surface area (TPSA) is 20.3 Å². The second-order valence-electron chi connectivity index (χ2n) is 3.45. The van der Waals surface area contributed by atoms with Gasteiger partial charge in [0.05, 0.1) is 10.6 Å². The van der Waals surface area contributed by atoms with E-state index in [1.807, 2.05) is 0 Å². The van der Waals surface area contributed by atoms with Gasteiger partial charge in [0.2, 0.25) is 0 Å². The van der Waals surface area contributed by atoms with Gasteiger partial charge in [-0.05, 0) is 18.2 Å². The fourth-order valence-corrected chi connectivity index (χ4v) is 1.80. The fourth-order valence-electron chi connectivity index (χ4n) is 1.40. The van der Waals surface area contributed by atoms with Crippen LogP contribution in [0.15, 0.2) is 48.4 Å². The Bertz CT molecular complexity index is 435. The summed E-state index contributed by atoms with van der Waals surface area (Å²) in [6.07, 6.45) is 3.33. The van der Waals surface area contributed by atoms with Gasteiger partial charge in [0.1, 0.15) is 0 Å². The molecule has 0 N–H and O–H groups in total. The van der Waals surface area contributed by atoms with Gasteiger partial charge in [-0.3, -0.25) is 4.79 Å². The van der Waals surface area contributed by atoms with Crippen molar-refractivity contribution in [2.45, 2.75) is 4.90 Å². The Labute approximate surface area is 112 Å². The van der Waals surface area contributed by atoms with E-state index in [0.29, 0.717) is 28.6 Å². The van der Waals surface area contributed by atoms with Crippen LogP contribution in [-0.4, -0.2) is 23.9 Å². The summed E-state index contributed by atoms with van der Waals surface area (Å²) in [5.74, 6) is -0.147. The molecule has 17 heavy (non-hydrogen) atoms. The maximum Gasteiger partial charge on any atom is 0.255 e. The van der Waals surface area contributed by atoms with Crippen LogP contribution in [-0.2, 0) is 0 Å². The molecular weight excluding hydrogens is 254 g/mol. The van der Waals surface area contributed by atoms with E-state index in [9.17, 15) is 4.79 Å². The first-order chi connectivity index (χ1) is 8.10. The molecule has 4 heteroatoms. The number of nitrogens with zero attached hydrogens (tertiary/aromatic N) is 1. The number of hydrogen-bond donors (Lipinski definition) is 1. The summed E-state index contributed by atoms with van der Waals surface area (Å²) in [4.78, 5) is 14.5. The highest BCUT2D eigenvalue weighted by molar-refractivity contribution is 7.80. The first kappa shape index (κ1) is 13.9. The lowest BCUT2D eigenvalue weighted by atomic mass is 10.2. The van der Waals surface area contributed by atoms with Gasteiger partial charge in [-0.25, -0.2) is 0 Å². The summed E-state index contributed by atoms with van der Waals surface area (Å²) in [7, 11) is 0. The Morgan fingerprint density at radius 1 is 1.35 bits per heavy atom. The normalized spacial score (nSPS) is 9.76. The van der Waals surface area contributed by atoms with E-state index in [4.69, 9.17) is 11.6 Å². The van der Waals surface area contributed by atoms with Crippen LogP contribution >= 0.6 is 24.2 Å². The van der Waals surface area contributed by atoms with Crippen LogP contribution in [0.1, 0.15) is 10.4 Å². The van der Waals surface area contributed by atoms with Gasteiger partial charge in [-0.15, -0.1) is 25.8 Å². The van der Waals surface area contributed by atoms with Crippen molar-refractivity contribution >= 4 is 30.1 Å². The number of halogens is 1. The summed E-state index contributed by atoms with van der Waals surface area (Å²) in [6, 6.07) is 5.07. The van der Waals surface area contributed by atoms with E-state index in [2.05, 4.69) is 25.8 Å². The van der Waals surface area contributed by atoms with Crippen molar-refractivity contribution in [1.29, 1.82) is 0 Å². The second kappa shape index (κ2) is 6.52. The van der Waals surface area contributed by atoms with Gasteiger partial charge in [-0.2, -0.15) is 0 Å². The van der Waals surface area contributed by atoms with Crippen LogP contribution in [0.25, 0.3) is 0 Å². The van der Waals surface area contributed by atoms with Gasteiger partial charge in [-0.1, -0.05) is 23.8 Å². The molecule has 1 rings (SSSR count). The number of hydrogen-bond acceptors (Lipinski definition) is 2. The van der Waals surface area contributed by atoms with E-state index in [-0.39, 0.29) is 5.91 Å². The standard InChI is InChI=1S/C13H14ClNOS/c1-3-7-15(8-4-2)13(16)11-9-10(17)5-6-12(11)14/h3-6,9,17H,1-2,7-8H2. The van der Waals surface area contributed by atoms with Crippen molar-refractivity contribution in [1.82, 2.24) is 4.90 Å². The smallest absolute Gasteiger partial charge is 0.255 e. The van der Waals surface area contributed by atoms with Crippen LogP contribution < -0.4 is 0 Å². The molecule has 0 radical (unpaired) electrons. The Morgan fingerprint density at radius 3 is 2.47 bits per heavy atom. The zero-order chi connectivity index (χ0) is 12.8. The minimum absolute atomic E-state index is 0.147. The molecule has 90 valence electrons. The summed E-state index contributed by atoms with van der Waals surface area (Å²) in [5, 5.41) is 0.422. The molecular formula is C13H14ClNOS. The molecule has 0 saturated carbocycles. The SMILES string of the molecule is C=CCN(CC=C)C(=O)c1cc(S)ccc1Cl. The first-order valence-corrected chi connectivity index (χ1v) is 5.92. The maximum absolute atomic E-state index is 12.2. The number of amides is 1. The zero-order valence-corrected chi connectivity index (χ0v) is 11.0. The van der Waals surface area contributed by atoms with Crippen LogP contribution in [0.5, 0.6) is 0 Å². The van der Waals surface area contributed by atoms with Gasteiger partial charge < -0.3 is 4.90 Å². The summed E-state index contributed by atoms with van der Waals surface area (Å²) < 4.78 is 0.